The normalized spacial score (nSPS) is 10.3. The van der Waals surface area contributed by atoms with Gasteiger partial charge < -0.3 is 5.32 Å². The molecule has 0 atom stereocenters. The minimum atomic E-state index is -0.654. The van der Waals surface area contributed by atoms with Gasteiger partial charge in [-0.1, -0.05) is 23.2 Å². The summed E-state index contributed by atoms with van der Waals surface area (Å²) in [4.78, 5) is 31.0. The van der Waals surface area contributed by atoms with Gasteiger partial charge in [0.25, 0.3) is 5.91 Å². The number of carbonyl (C=O) groups excluding carboxylic acids is 1. The molecule has 0 unspecified atom stereocenters. The number of nitrogens with one attached hydrogen (secondary N) is 3. The topological polar surface area (TPSA) is 122 Å². The first-order valence-corrected chi connectivity index (χ1v) is 9.72. The summed E-state index contributed by atoms with van der Waals surface area (Å²) in [5.41, 5.74) is 5.08. The van der Waals surface area contributed by atoms with Crippen molar-refractivity contribution in [2.24, 2.45) is 0 Å². The van der Waals surface area contributed by atoms with Crippen LogP contribution >= 0.6 is 45.8 Å². The lowest BCUT2D eigenvalue weighted by molar-refractivity contribution is -0.383. The van der Waals surface area contributed by atoms with Gasteiger partial charge in [-0.3, -0.25) is 25.8 Å². The Morgan fingerprint density at radius 1 is 1.07 bits per heavy atom. The van der Waals surface area contributed by atoms with Crippen molar-refractivity contribution in [3.63, 3.8) is 0 Å². The Balaban J connectivity index is 1.82. The van der Waals surface area contributed by atoms with Crippen LogP contribution in [0.3, 0.4) is 0 Å². The lowest BCUT2D eigenvalue weighted by Gasteiger charge is -2.11. The molecule has 12 heteroatoms. The molecule has 2 aromatic carbocycles. The number of aromatic nitrogens is 2. The van der Waals surface area contributed by atoms with Crippen LogP contribution in [0.4, 0.5) is 23.0 Å². The summed E-state index contributed by atoms with van der Waals surface area (Å²) >= 11 is 14.0. The van der Waals surface area contributed by atoms with E-state index in [1.165, 1.54) is 18.2 Å². The molecule has 9 nitrogen and oxygen atoms in total. The lowest BCUT2D eigenvalue weighted by atomic mass is 10.2. The molecule has 1 amide bonds. The number of benzene rings is 2. The van der Waals surface area contributed by atoms with Crippen molar-refractivity contribution in [2.45, 2.75) is 0 Å². The molecule has 0 fully saturated rings. The third-order valence-electron chi connectivity index (χ3n) is 3.58. The zero-order chi connectivity index (χ0) is 21.0. The molecule has 3 rings (SSSR count). The summed E-state index contributed by atoms with van der Waals surface area (Å²) in [6, 6.07) is 11.5. The Morgan fingerprint density at radius 2 is 1.76 bits per heavy atom. The van der Waals surface area contributed by atoms with Crippen LogP contribution < -0.4 is 16.2 Å². The molecular formula is C17H11Cl2IN6O3. The molecule has 0 radical (unpaired) electrons. The second-order valence-electron chi connectivity index (χ2n) is 5.51. The molecule has 0 aliphatic rings. The Bertz CT molecular complexity index is 1080. The Kier molecular flexibility index (Phi) is 6.67. The third-order valence-corrected chi connectivity index (χ3v) is 4.85. The number of anilines is 3. The summed E-state index contributed by atoms with van der Waals surface area (Å²) in [5, 5.41) is 15.0. The van der Waals surface area contributed by atoms with Crippen LogP contribution in [0.2, 0.25) is 10.0 Å². The number of rotatable bonds is 6. The Labute approximate surface area is 188 Å². The summed E-state index contributed by atoms with van der Waals surface area (Å²) in [5.74, 6) is -0.851. The molecule has 0 aliphatic heterocycles. The molecule has 1 heterocycles. The average Bonchev–Trinajstić information content (AvgIpc) is 2.67. The van der Waals surface area contributed by atoms with Crippen molar-refractivity contribution in [2.75, 3.05) is 10.7 Å². The lowest BCUT2D eigenvalue weighted by Crippen LogP contribution is -2.30. The van der Waals surface area contributed by atoms with Gasteiger partial charge in [-0.05, 0) is 65.1 Å². The van der Waals surface area contributed by atoms with E-state index >= 15 is 0 Å². The summed E-state index contributed by atoms with van der Waals surface area (Å²) < 4.78 is 1.01. The third kappa shape index (κ3) is 5.22. The quantitative estimate of drug-likeness (QED) is 0.231. The maximum atomic E-state index is 12.3. The van der Waals surface area contributed by atoms with E-state index in [1.54, 1.807) is 12.1 Å². The van der Waals surface area contributed by atoms with Gasteiger partial charge in [-0.25, -0.2) is 9.97 Å². The number of halogens is 3. The van der Waals surface area contributed by atoms with E-state index in [-0.39, 0.29) is 22.2 Å². The van der Waals surface area contributed by atoms with E-state index in [9.17, 15) is 14.9 Å². The number of hydrazine groups is 1. The van der Waals surface area contributed by atoms with Crippen molar-refractivity contribution in [1.82, 2.24) is 15.4 Å². The summed E-state index contributed by atoms with van der Waals surface area (Å²) in [6.45, 7) is 0. The van der Waals surface area contributed by atoms with Crippen LogP contribution in [0, 0.1) is 13.7 Å². The first kappa shape index (κ1) is 21.0. The van der Waals surface area contributed by atoms with E-state index in [0.29, 0.717) is 10.7 Å². The highest BCUT2D eigenvalue weighted by Crippen LogP contribution is 2.31. The zero-order valence-electron chi connectivity index (χ0n) is 14.3. The van der Waals surface area contributed by atoms with E-state index in [1.807, 2.05) is 12.1 Å². The van der Waals surface area contributed by atoms with Crippen LogP contribution in [-0.4, -0.2) is 20.8 Å². The maximum Gasteiger partial charge on any atom is 0.355 e. The van der Waals surface area contributed by atoms with E-state index < -0.39 is 16.5 Å². The minimum Gasteiger partial charge on any atom is -0.334 e. The van der Waals surface area contributed by atoms with Crippen LogP contribution in [0.1, 0.15) is 10.4 Å². The molecule has 0 saturated carbocycles. The predicted octanol–water partition coefficient (Wildman–Crippen LogP) is 4.80. The van der Waals surface area contributed by atoms with E-state index in [2.05, 4.69) is 48.7 Å². The van der Waals surface area contributed by atoms with Gasteiger partial charge in [-0.15, -0.1) is 0 Å². The molecule has 3 N–H and O–H groups in total. The number of amides is 1. The first-order valence-electron chi connectivity index (χ1n) is 7.88. The fourth-order valence-electron chi connectivity index (χ4n) is 2.26. The van der Waals surface area contributed by atoms with Crippen LogP contribution in [0.5, 0.6) is 0 Å². The number of hydrogen-bond acceptors (Lipinski definition) is 7. The fourth-order valence-corrected chi connectivity index (χ4v) is 3.12. The van der Waals surface area contributed by atoms with Gasteiger partial charge >= 0.3 is 5.69 Å². The second-order valence-corrected chi connectivity index (χ2v) is 7.60. The smallest absolute Gasteiger partial charge is 0.334 e. The van der Waals surface area contributed by atoms with Crippen molar-refractivity contribution < 1.29 is 9.72 Å². The van der Waals surface area contributed by atoms with Gasteiger partial charge in [-0.2, -0.15) is 0 Å². The van der Waals surface area contributed by atoms with Gasteiger partial charge in [0, 0.05) is 14.3 Å². The van der Waals surface area contributed by atoms with E-state index in [4.69, 9.17) is 23.2 Å². The van der Waals surface area contributed by atoms with Crippen molar-refractivity contribution >= 4 is 74.7 Å². The highest BCUT2D eigenvalue weighted by Gasteiger charge is 2.24. The summed E-state index contributed by atoms with van der Waals surface area (Å²) in [6.07, 6.45) is 1.13. The molecule has 0 bridgehead atoms. The molecule has 29 heavy (non-hydrogen) atoms. The Morgan fingerprint density at radius 3 is 2.41 bits per heavy atom. The molecule has 3 aromatic rings. The van der Waals surface area contributed by atoms with Gasteiger partial charge in [0.05, 0.1) is 15.5 Å². The van der Waals surface area contributed by atoms with E-state index in [0.717, 1.165) is 9.90 Å². The second kappa shape index (κ2) is 9.20. The average molecular weight is 545 g/mol. The van der Waals surface area contributed by atoms with Gasteiger partial charge in [0.15, 0.2) is 0 Å². The number of nitrogens with zero attached hydrogens (tertiary/aromatic N) is 3. The molecule has 0 aliphatic carbocycles. The number of nitro groups is 1. The molecule has 148 valence electrons. The Hall–Kier alpha value is -2.70. The van der Waals surface area contributed by atoms with Gasteiger partial charge in [0.1, 0.15) is 6.33 Å². The maximum absolute atomic E-state index is 12.3. The SMILES string of the molecule is O=C(NNc1ncnc(Nc2ccc(I)cc2)c1[N+](=O)[O-])c1ccc(Cl)cc1Cl. The number of hydrogen-bond donors (Lipinski definition) is 3. The minimum absolute atomic E-state index is 0.0347. The van der Waals surface area contributed by atoms with Crippen LogP contribution in [0.25, 0.3) is 0 Å². The fraction of sp³-hybridized carbons (Fsp3) is 0. The molecular weight excluding hydrogens is 534 g/mol. The predicted molar refractivity (Wildman–Crippen MR) is 119 cm³/mol. The monoisotopic (exact) mass is 544 g/mol. The highest BCUT2D eigenvalue weighted by atomic mass is 127. The number of carbonyl (C=O) groups is 1. The largest absolute Gasteiger partial charge is 0.355 e. The van der Waals surface area contributed by atoms with Crippen molar-refractivity contribution in [3.8, 4) is 0 Å². The summed E-state index contributed by atoms with van der Waals surface area (Å²) in [7, 11) is 0. The van der Waals surface area contributed by atoms with Crippen molar-refractivity contribution in [1.29, 1.82) is 0 Å². The van der Waals surface area contributed by atoms with Crippen LogP contribution in [0.15, 0.2) is 48.8 Å². The highest BCUT2D eigenvalue weighted by molar-refractivity contribution is 14.1. The van der Waals surface area contributed by atoms with Crippen LogP contribution in [-0.2, 0) is 0 Å². The first-order chi connectivity index (χ1) is 13.8. The van der Waals surface area contributed by atoms with Crippen molar-refractivity contribution in [3.05, 3.63) is 78.1 Å². The molecule has 1 aromatic heterocycles. The molecule has 0 spiro atoms. The standard InChI is InChI=1S/C17H11Cl2IN6O3/c18-9-1-6-12(13(19)7-9)17(27)25-24-16-14(26(28)29)15(21-8-22-16)23-11-4-2-10(20)3-5-11/h1-8H,(H,25,27)(H2,21,22,23,24). The zero-order valence-corrected chi connectivity index (χ0v) is 18.0. The molecule has 0 saturated heterocycles. The van der Waals surface area contributed by atoms with Gasteiger partial charge in [0.2, 0.25) is 11.6 Å².